The summed E-state index contributed by atoms with van der Waals surface area (Å²) < 4.78 is 2.77. The lowest BCUT2D eigenvalue weighted by molar-refractivity contribution is 0.110. The molecule has 1 aliphatic rings. The second-order valence-electron chi connectivity index (χ2n) is 7.92. The van der Waals surface area contributed by atoms with E-state index in [1.165, 1.54) is 5.56 Å². The monoisotopic (exact) mass is 403 g/mol. The van der Waals surface area contributed by atoms with Crippen molar-refractivity contribution >= 4 is 34.8 Å². The molecule has 1 aromatic heterocycles. The third-order valence-corrected chi connectivity index (χ3v) is 5.58. The molecule has 1 N–H and O–H groups in total. The van der Waals surface area contributed by atoms with Crippen LogP contribution in [0.15, 0.2) is 36.4 Å². The number of aromatic nitrogens is 2. The van der Waals surface area contributed by atoms with E-state index in [1.54, 1.807) is 11.3 Å². The van der Waals surface area contributed by atoms with E-state index in [4.69, 9.17) is 12.2 Å². The molecule has 0 aliphatic carbocycles. The van der Waals surface area contributed by atoms with Crippen molar-refractivity contribution in [1.29, 1.82) is 0 Å². The predicted octanol–water partition coefficient (Wildman–Crippen LogP) is 4.17. The van der Waals surface area contributed by atoms with Crippen molar-refractivity contribution in [2.24, 2.45) is 0 Å². The number of piperazine rings is 1. The minimum Gasteiger partial charge on any atom is -0.356 e. The van der Waals surface area contributed by atoms with E-state index in [-0.39, 0.29) is 5.54 Å². The van der Waals surface area contributed by atoms with E-state index in [0.29, 0.717) is 0 Å². The Kier molecular flexibility index (Phi) is 6.81. The van der Waals surface area contributed by atoms with Crippen LogP contribution in [0.3, 0.4) is 0 Å². The van der Waals surface area contributed by atoms with E-state index in [9.17, 15) is 0 Å². The molecular weight excluding hydrogens is 374 g/mol. The summed E-state index contributed by atoms with van der Waals surface area (Å²) in [6.45, 7) is 12.4. The molecule has 2 aromatic rings. The van der Waals surface area contributed by atoms with Crippen LogP contribution in [0.1, 0.15) is 26.3 Å². The quantitative estimate of drug-likeness (QED) is 0.733. The number of nitrogens with zero attached hydrogens (tertiary/aromatic N) is 4. The molecule has 1 aliphatic heterocycles. The Hall–Kier alpha value is -1.54. The largest absolute Gasteiger partial charge is 0.356 e. The first-order chi connectivity index (χ1) is 12.9. The maximum Gasteiger partial charge on any atom is 0.205 e. The van der Waals surface area contributed by atoms with Crippen LogP contribution in [0, 0.1) is 3.95 Å². The number of rotatable bonds is 6. The second kappa shape index (κ2) is 9.10. The van der Waals surface area contributed by atoms with Gasteiger partial charge in [-0.1, -0.05) is 53.8 Å². The van der Waals surface area contributed by atoms with Gasteiger partial charge in [0.05, 0.1) is 6.67 Å². The lowest BCUT2D eigenvalue weighted by Gasteiger charge is -2.33. The van der Waals surface area contributed by atoms with Gasteiger partial charge in [0, 0.05) is 38.3 Å². The predicted molar refractivity (Wildman–Crippen MR) is 118 cm³/mol. The van der Waals surface area contributed by atoms with Crippen molar-refractivity contribution < 1.29 is 0 Å². The van der Waals surface area contributed by atoms with E-state index in [1.807, 2.05) is 10.7 Å². The molecule has 1 saturated heterocycles. The maximum absolute atomic E-state index is 5.49. The van der Waals surface area contributed by atoms with Crippen molar-refractivity contribution in [3.05, 3.63) is 45.9 Å². The highest BCUT2D eigenvalue weighted by Crippen LogP contribution is 2.19. The average molecular weight is 404 g/mol. The molecule has 0 bridgehead atoms. The van der Waals surface area contributed by atoms with Gasteiger partial charge in [0.2, 0.25) is 5.13 Å². The molecule has 1 fully saturated rings. The van der Waals surface area contributed by atoms with Gasteiger partial charge in [0.1, 0.15) is 0 Å². The third kappa shape index (κ3) is 6.53. The molecular formula is C20H29N5S2. The van der Waals surface area contributed by atoms with Crippen LogP contribution in [-0.4, -0.2) is 57.8 Å². The Morgan fingerprint density at radius 1 is 1.11 bits per heavy atom. The molecule has 3 rings (SSSR count). The van der Waals surface area contributed by atoms with Crippen LogP contribution in [-0.2, 0) is 6.67 Å². The molecule has 146 valence electrons. The van der Waals surface area contributed by atoms with Gasteiger partial charge < -0.3 is 5.32 Å². The standard InChI is InChI=1S/C20H29N5S2/c1-20(2,3)21-18-22-25(19(26)27-18)16-24-14-12-23(13-15-24)11-7-10-17-8-5-4-6-9-17/h4-10H,11-16H2,1-3H3,(H,21,22)/b10-7+. The highest BCUT2D eigenvalue weighted by molar-refractivity contribution is 7.73. The van der Waals surface area contributed by atoms with Crippen molar-refractivity contribution in [3.63, 3.8) is 0 Å². The van der Waals surface area contributed by atoms with Crippen molar-refractivity contribution in [2.45, 2.75) is 33.0 Å². The van der Waals surface area contributed by atoms with Crippen LogP contribution in [0.4, 0.5) is 5.13 Å². The van der Waals surface area contributed by atoms with Gasteiger partial charge in [0.25, 0.3) is 0 Å². The van der Waals surface area contributed by atoms with Crippen molar-refractivity contribution in [3.8, 4) is 0 Å². The summed E-state index contributed by atoms with van der Waals surface area (Å²) in [6.07, 6.45) is 4.46. The number of hydrogen-bond acceptors (Lipinski definition) is 6. The fourth-order valence-corrected chi connectivity index (χ4v) is 4.17. The first-order valence-corrected chi connectivity index (χ1v) is 10.6. The minimum atomic E-state index is -0.00362. The van der Waals surface area contributed by atoms with Crippen LogP contribution in [0.25, 0.3) is 6.08 Å². The summed E-state index contributed by atoms with van der Waals surface area (Å²) in [5.41, 5.74) is 1.25. The summed E-state index contributed by atoms with van der Waals surface area (Å²) in [6, 6.07) is 10.5. The molecule has 2 heterocycles. The smallest absolute Gasteiger partial charge is 0.205 e. The number of hydrogen-bond donors (Lipinski definition) is 1. The zero-order chi connectivity index (χ0) is 19.3. The maximum atomic E-state index is 5.49. The number of nitrogens with one attached hydrogen (secondary N) is 1. The van der Waals surface area contributed by atoms with Crippen LogP contribution >= 0.6 is 23.6 Å². The molecule has 5 nitrogen and oxygen atoms in total. The summed E-state index contributed by atoms with van der Waals surface area (Å²) in [4.78, 5) is 4.91. The van der Waals surface area contributed by atoms with Gasteiger partial charge in [0.15, 0.2) is 3.95 Å². The van der Waals surface area contributed by atoms with E-state index >= 15 is 0 Å². The second-order valence-corrected chi connectivity index (χ2v) is 9.54. The number of anilines is 1. The van der Waals surface area contributed by atoms with Gasteiger partial charge in [-0.15, -0.1) is 5.10 Å². The molecule has 0 amide bonds. The van der Waals surface area contributed by atoms with E-state index in [2.05, 4.69) is 77.4 Å². The molecule has 0 atom stereocenters. The number of benzene rings is 1. The molecule has 27 heavy (non-hydrogen) atoms. The Bertz CT molecular complexity index is 796. The summed E-state index contributed by atoms with van der Waals surface area (Å²) in [7, 11) is 0. The van der Waals surface area contributed by atoms with Crippen LogP contribution in [0.2, 0.25) is 0 Å². The van der Waals surface area contributed by atoms with Gasteiger partial charge in [-0.2, -0.15) is 0 Å². The van der Waals surface area contributed by atoms with Gasteiger partial charge in [-0.05, 0) is 38.6 Å². The van der Waals surface area contributed by atoms with E-state index in [0.717, 1.165) is 48.5 Å². The summed E-state index contributed by atoms with van der Waals surface area (Å²) >= 11 is 7.04. The van der Waals surface area contributed by atoms with Crippen LogP contribution < -0.4 is 5.32 Å². The fourth-order valence-electron chi connectivity index (χ4n) is 2.97. The minimum absolute atomic E-state index is 0.00362. The lowest BCUT2D eigenvalue weighted by Crippen LogP contribution is -2.46. The molecule has 7 heteroatoms. The van der Waals surface area contributed by atoms with Crippen molar-refractivity contribution in [1.82, 2.24) is 19.6 Å². The summed E-state index contributed by atoms with van der Waals surface area (Å²) in [5, 5.41) is 8.95. The van der Waals surface area contributed by atoms with Gasteiger partial charge in [-0.3, -0.25) is 9.80 Å². The lowest BCUT2D eigenvalue weighted by atomic mass is 10.1. The normalized spacial score (nSPS) is 16.9. The zero-order valence-corrected chi connectivity index (χ0v) is 18.0. The summed E-state index contributed by atoms with van der Waals surface area (Å²) in [5.74, 6) is 0. The highest BCUT2D eigenvalue weighted by atomic mass is 32.1. The topological polar surface area (TPSA) is 36.3 Å². The Labute approximate surface area is 171 Å². The van der Waals surface area contributed by atoms with E-state index < -0.39 is 0 Å². The average Bonchev–Trinajstić information content (AvgIpc) is 2.94. The molecule has 0 radical (unpaired) electrons. The molecule has 1 aromatic carbocycles. The molecule has 0 saturated carbocycles. The van der Waals surface area contributed by atoms with Gasteiger partial charge >= 0.3 is 0 Å². The van der Waals surface area contributed by atoms with Crippen LogP contribution in [0.5, 0.6) is 0 Å². The first kappa shape index (κ1) is 20.2. The molecule has 0 unspecified atom stereocenters. The fraction of sp³-hybridized carbons (Fsp3) is 0.500. The molecule has 0 spiro atoms. The SMILES string of the molecule is CC(C)(C)Nc1nn(CN2CCN(C/C=C/c3ccccc3)CC2)c(=S)s1. The van der Waals surface area contributed by atoms with Crippen molar-refractivity contribution in [2.75, 3.05) is 38.0 Å². The Morgan fingerprint density at radius 2 is 1.78 bits per heavy atom. The Morgan fingerprint density at radius 3 is 2.44 bits per heavy atom. The zero-order valence-electron chi connectivity index (χ0n) is 16.4. The Balaban J connectivity index is 1.46. The van der Waals surface area contributed by atoms with Gasteiger partial charge in [-0.25, -0.2) is 4.68 Å². The first-order valence-electron chi connectivity index (χ1n) is 9.41. The third-order valence-electron chi connectivity index (χ3n) is 4.36. The highest BCUT2D eigenvalue weighted by Gasteiger charge is 2.18.